The average Bonchev–Trinajstić information content (AvgIpc) is 3.13. The number of anilines is 1. The van der Waals surface area contributed by atoms with Crippen LogP contribution < -0.4 is 19.7 Å². The third kappa shape index (κ3) is 4.22. The number of carbonyl (C=O) groups excluding carboxylic acids is 2. The molecule has 2 aromatic rings. The summed E-state index contributed by atoms with van der Waals surface area (Å²) in [5.41, 5.74) is 2.25. The minimum atomic E-state index is -0.175. The van der Waals surface area contributed by atoms with E-state index in [1.54, 1.807) is 25.2 Å². The van der Waals surface area contributed by atoms with Gasteiger partial charge in [0.1, 0.15) is 0 Å². The van der Waals surface area contributed by atoms with Crippen molar-refractivity contribution in [1.82, 2.24) is 5.32 Å². The SMILES string of the molecule is COc1ccc(CCNC(=O)c2ccccc2N2CCCC2=O)cc1OC. The Hall–Kier alpha value is -3.02. The third-order valence-corrected chi connectivity index (χ3v) is 4.66. The molecule has 1 fully saturated rings. The summed E-state index contributed by atoms with van der Waals surface area (Å²) in [6.07, 6.45) is 2.03. The molecule has 0 aliphatic carbocycles. The molecule has 0 atom stereocenters. The fourth-order valence-corrected chi connectivity index (χ4v) is 3.26. The molecule has 1 aliphatic rings. The van der Waals surface area contributed by atoms with Crippen molar-refractivity contribution in [2.45, 2.75) is 19.3 Å². The number of benzene rings is 2. The molecule has 3 rings (SSSR count). The van der Waals surface area contributed by atoms with Crippen molar-refractivity contribution in [3.05, 3.63) is 53.6 Å². The standard InChI is InChI=1S/C21H24N2O4/c1-26-18-10-9-15(14-19(18)27-2)11-12-22-21(25)16-6-3-4-7-17(16)23-13-5-8-20(23)24/h3-4,6-7,9-10,14H,5,8,11-13H2,1-2H3,(H,22,25). The molecule has 0 bridgehead atoms. The molecule has 1 heterocycles. The van der Waals surface area contributed by atoms with Crippen LogP contribution in [0.25, 0.3) is 0 Å². The lowest BCUT2D eigenvalue weighted by Crippen LogP contribution is -2.30. The largest absolute Gasteiger partial charge is 0.493 e. The van der Waals surface area contributed by atoms with Gasteiger partial charge in [0.25, 0.3) is 5.91 Å². The summed E-state index contributed by atoms with van der Waals surface area (Å²) in [6.45, 7) is 1.14. The van der Waals surface area contributed by atoms with Gasteiger partial charge < -0.3 is 19.7 Å². The van der Waals surface area contributed by atoms with Crippen LogP contribution in [-0.4, -0.2) is 39.1 Å². The molecule has 27 heavy (non-hydrogen) atoms. The molecular weight excluding hydrogens is 344 g/mol. The Balaban J connectivity index is 1.64. The Labute approximate surface area is 159 Å². The first-order valence-corrected chi connectivity index (χ1v) is 9.02. The second-order valence-electron chi connectivity index (χ2n) is 6.36. The summed E-state index contributed by atoms with van der Waals surface area (Å²) in [5, 5.41) is 2.94. The zero-order valence-electron chi connectivity index (χ0n) is 15.7. The smallest absolute Gasteiger partial charge is 0.253 e. The maximum absolute atomic E-state index is 12.6. The van der Waals surface area contributed by atoms with E-state index in [1.165, 1.54) is 0 Å². The molecule has 2 aromatic carbocycles. The Morgan fingerprint density at radius 1 is 1.11 bits per heavy atom. The summed E-state index contributed by atoms with van der Waals surface area (Å²) in [6, 6.07) is 12.9. The molecule has 6 heteroatoms. The second kappa shape index (κ2) is 8.58. The van der Waals surface area contributed by atoms with E-state index in [9.17, 15) is 9.59 Å². The quantitative estimate of drug-likeness (QED) is 0.816. The van der Waals surface area contributed by atoms with Crippen molar-refractivity contribution in [3.63, 3.8) is 0 Å². The van der Waals surface area contributed by atoms with Crippen LogP contribution in [0.15, 0.2) is 42.5 Å². The molecule has 0 unspecified atom stereocenters. The van der Waals surface area contributed by atoms with Crippen molar-refractivity contribution >= 4 is 17.5 Å². The van der Waals surface area contributed by atoms with Crippen molar-refractivity contribution in [1.29, 1.82) is 0 Å². The van der Waals surface area contributed by atoms with E-state index in [1.807, 2.05) is 36.4 Å². The topological polar surface area (TPSA) is 67.9 Å². The van der Waals surface area contributed by atoms with Crippen LogP contribution in [0.5, 0.6) is 11.5 Å². The first kappa shape index (κ1) is 18.8. The number of para-hydroxylation sites is 1. The molecule has 1 aliphatic heterocycles. The molecule has 142 valence electrons. The highest BCUT2D eigenvalue weighted by Gasteiger charge is 2.25. The minimum absolute atomic E-state index is 0.0700. The second-order valence-corrected chi connectivity index (χ2v) is 6.36. The van der Waals surface area contributed by atoms with E-state index < -0.39 is 0 Å². The van der Waals surface area contributed by atoms with Crippen LogP contribution >= 0.6 is 0 Å². The van der Waals surface area contributed by atoms with Crippen molar-refractivity contribution in [2.24, 2.45) is 0 Å². The van der Waals surface area contributed by atoms with E-state index in [-0.39, 0.29) is 11.8 Å². The van der Waals surface area contributed by atoms with E-state index in [2.05, 4.69) is 5.32 Å². The van der Waals surface area contributed by atoms with Crippen molar-refractivity contribution in [2.75, 3.05) is 32.2 Å². The number of hydrogen-bond donors (Lipinski definition) is 1. The van der Waals surface area contributed by atoms with Gasteiger partial charge in [0.2, 0.25) is 5.91 Å². The Morgan fingerprint density at radius 3 is 2.59 bits per heavy atom. The van der Waals surface area contributed by atoms with E-state index >= 15 is 0 Å². The monoisotopic (exact) mass is 368 g/mol. The van der Waals surface area contributed by atoms with Crippen molar-refractivity contribution in [3.8, 4) is 11.5 Å². The molecule has 0 saturated carbocycles. The fraction of sp³-hybridized carbons (Fsp3) is 0.333. The summed E-state index contributed by atoms with van der Waals surface area (Å²) >= 11 is 0. The molecule has 0 radical (unpaired) electrons. The fourth-order valence-electron chi connectivity index (χ4n) is 3.26. The number of methoxy groups -OCH3 is 2. The van der Waals surface area contributed by atoms with Crippen LogP contribution in [0.4, 0.5) is 5.69 Å². The number of nitrogens with zero attached hydrogens (tertiary/aromatic N) is 1. The first-order chi connectivity index (χ1) is 13.1. The zero-order valence-corrected chi connectivity index (χ0v) is 15.7. The molecule has 0 aromatic heterocycles. The molecule has 1 N–H and O–H groups in total. The van der Waals surface area contributed by atoms with Gasteiger partial charge in [-0.2, -0.15) is 0 Å². The van der Waals surface area contributed by atoms with Crippen LogP contribution in [0, 0.1) is 0 Å². The molecule has 0 spiro atoms. The predicted molar refractivity (Wildman–Crippen MR) is 104 cm³/mol. The lowest BCUT2D eigenvalue weighted by atomic mass is 10.1. The summed E-state index contributed by atoms with van der Waals surface area (Å²) in [4.78, 5) is 26.4. The maximum atomic E-state index is 12.6. The Bertz CT molecular complexity index is 835. The summed E-state index contributed by atoms with van der Waals surface area (Å²) in [7, 11) is 3.19. The van der Waals surface area contributed by atoms with Crippen molar-refractivity contribution < 1.29 is 19.1 Å². The lowest BCUT2D eigenvalue weighted by Gasteiger charge is -2.19. The molecule has 6 nitrogen and oxygen atoms in total. The molecular formula is C21H24N2O4. The maximum Gasteiger partial charge on any atom is 0.253 e. The highest BCUT2D eigenvalue weighted by atomic mass is 16.5. The summed E-state index contributed by atoms with van der Waals surface area (Å²) < 4.78 is 10.5. The summed E-state index contributed by atoms with van der Waals surface area (Å²) in [5.74, 6) is 1.24. The van der Waals surface area contributed by atoms with Crippen LogP contribution in [0.2, 0.25) is 0 Å². The minimum Gasteiger partial charge on any atom is -0.493 e. The number of ether oxygens (including phenoxy) is 2. The first-order valence-electron chi connectivity index (χ1n) is 9.02. The number of nitrogens with one attached hydrogen (secondary N) is 1. The highest BCUT2D eigenvalue weighted by molar-refractivity contribution is 6.05. The lowest BCUT2D eigenvalue weighted by molar-refractivity contribution is -0.117. The van der Waals surface area contributed by atoms with Gasteiger partial charge in [-0.05, 0) is 42.7 Å². The van der Waals surface area contributed by atoms with Gasteiger partial charge in [0.15, 0.2) is 11.5 Å². The number of amides is 2. The third-order valence-electron chi connectivity index (χ3n) is 4.66. The van der Waals surface area contributed by atoms with E-state index in [4.69, 9.17) is 9.47 Å². The van der Waals surface area contributed by atoms with Gasteiger partial charge in [-0.1, -0.05) is 18.2 Å². The molecule has 1 saturated heterocycles. The van der Waals surface area contributed by atoms with Gasteiger partial charge in [-0.15, -0.1) is 0 Å². The Kier molecular flexibility index (Phi) is 5.96. The predicted octanol–water partition coefficient (Wildman–Crippen LogP) is 2.80. The van der Waals surface area contributed by atoms with Crippen LogP contribution in [-0.2, 0) is 11.2 Å². The number of carbonyl (C=O) groups is 2. The highest BCUT2D eigenvalue weighted by Crippen LogP contribution is 2.28. The van der Waals surface area contributed by atoms with Gasteiger partial charge >= 0.3 is 0 Å². The van der Waals surface area contributed by atoms with Gasteiger partial charge in [-0.3, -0.25) is 9.59 Å². The Morgan fingerprint density at radius 2 is 1.89 bits per heavy atom. The van der Waals surface area contributed by atoms with Gasteiger partial charge in [-0.25, -0.2) is 0 Å². The average molecular weight is 368 g/mol. The number of hydrogen-bond acceptors (Lipinski definition) is 4. The normalized spacial score (nSPS) is 13.6. The zero-order chi connectivity index (χ0) is 19.2. The van der Waals surface area contributed by atoms with Crippen LogP contribution in [0.1, 0.15) is 28.8 Å². The van der Waals surface area contributed by atoms with Crippen LogP contribution in [0.3, 0.4) is 0 Å². The van der Waals surface area contributed by atoms with Gasteiger partial charge in [0.05, 0.1) is 25.5 Å². The van der Waals surface area contributed by atoms with E-state index in [0.717, 1.165) is 12.0 Å². The van der Waals surface area contributed by atoms with Gasteiger partial charge in [0, 0.05) is 19.5 Å². The van der Waals surface area contributed by atoms with E-state index in [0.29, 0.717) is 48.7 Å². The number of rotatable bonds is 7. The molecule has 2 amide bonds.